The average molecular weight is 1160 g/mol. The lowest BCUT2D eigenvalue weighted by Crippen LogP contribution is -2.30. The predicted octanol–water partition coefficient (Wildman–Crippen LogP) is 25.0. The molecule has 0 fully saturated rings. The second-order valence-corrected chi connectivity index (χ2v) is 24.1. The Hall–Kier alpha value is -3.41. The first-order valence-electron chi connectivity index (χ1n) is 36.1. The summed E-state index contributed by atoms with van der Waals surface area (Å²) in [7, 11) is 0. The third-order valence-corrected chi connectivity index (χ3v) is 15.9. The molecule has 480 valence electrons. The minimum atomic E-state index is -0.776. The molecule has 0 amide bonds. The van der Waals surface area contributed by atoms with Crippen molar-refractivity contribution in [3.63, 3.8) is 0 Å². The fraction of sp³-hybridized carbons (Fsp3) is 0.779. The Balaban J connectivity index is 4.14. The molecule has 0 aliphatic carbocycles. The van der Waals surface area contributed by atoms with Gasteiger partial charge in [0.25, 0.3) is 0 Å². The van der Waals surface area contributed by atoms with Crippen molar-refractivity contribution < 1.29 is 28.6 Å². The van der Waals surface area contributed by atoms with Gasteiger partial charge in [-0.15, -0.1) is 0 Å². The summed E-state index contributed by atoms with van der Waals surface area (Å²) in [5, 5.41) is 0. The van der Waals surface area contributed by atoms with Crippen molar-refractivity contribution in [3.8, 4) is 0 Å². The maximum atomic E-state index is 12.9. The van der Waals surface area contributed by atoms with E-state index in [1.54, 1.807) is 0 Å². The minimum Gasteiger partial charge on any atom is -0.462 e. The fourth-order valence-corrected chi connectivity index (χ4v) is 10.5. The number of unbranched alkanes of at least 4 members (excludes halogenated alkanes) is 41. The molecule has 0 spiro atoms. The molecule has 0 bridgehead atoms. The number of rotatable bonds is 66. The highest BCUT2D eigenvalue weighted by molar-refractivity contribution is 5.71. The van der Waals surface area contributed by atoms with E-state index in [-0.39, 0.29) is 31.1 Å². The zero-order valence-corrected chi connectivity index (χ0v) is 55.2. The topological polar surface area (TPSA) is 78.9 Å². The van der Waals surface area contributed by atoms with Crippen LogP contribution in [0.2, 0.25) is 0 Å². The lowest BCUT2D eigenvalue weighted by molar-refractivity contribution is -0.167. The number of hydrogen-bond donors (Lipinski definition) is 0. The van der Waals surface area contributed by atoms with E-state index in [0.29, 0.717) is 19.3 Å². The summed E-state index contributed by atoms with van der Waals surface area (Å²) in [6, 6.07) is 0. The van der Waals surface area contributed by atoms with Crippen LogP contribution in [0.4, 0.5) is 0 Å². The summed E-state index contributed by atoms with van der Waals surface area (Å²) in [5.74, 6) is -0.859. The van der Waals surface area contributed by atoms with E-state index < -0.39 is 6.10 Å². The number of allylic oxidation sites excluding steroid dienone is 14. The quantitative estimate of drug-likeness (QED) is 0.0261. The van der Waals surface area contributed by atoms with Crippen LogP contribution in [0.25, 0.3) is 0 Å². The monoisotopic (exact) mass is 1160 g/mol. The summed E-state index contributed by atoms with van der Waals surface area (Å²) in [6.45, 7) is 6.56. The van der Waals surface area contributed by atoms with Crippen LogP contribution in [0.15, 0.2) is 85.1 Å². The third kappa shape index (κ3) is 69.3. The summed E-state index contributed by atoms with van der Waals surface area (Å²) in [5.41, 5.74) is 0. The molecule has 0 radical (unpaired) electrons. The van der Waals surface area contributed by atoms with Gasteiger partial charge in [-0.05, 0) is 96.3 Å². The molecule has 0 heterocycles. The average Bonchev–Trinajstić information content (AvgIpc) is 3.49. The summed E-state index contributed by atoms with van der Waals surface area (Å²) in [4.78, 5) is 38.4. The summed E-state index contributed by atoms with van der Waals surface area (Å²) < 4.78 is 17.0. The van der Waals surface area contributed by atoms with Crippen LogP contribution in [0.5, 0.6) is 0 Å². The Bertz CT molecular complexity index is 1570. The van der Waals surface area contributed by atoms with Gasteiger partial charge in [0, 0.05) is 19.3 Å². The van der Waals surface area contributed by atoms with Gasteiger partial charge in [0.2, 0.25) is 0 Å². The van der Waals surface area contributed by atoms with Crippen LogP contribution in [-0.2, 0) is 28.6 Å². The molecule has 0 aromatic rings. The Morgan fingerprint density at radius 2 is 0.470 bits per heavy atom. The van der Waals surface area contributed by atoms with Crippen LogP contribution in [0, 0.1) is 0 Å². The number of carbonyl (C=O) groups excluding carboxylic acids is 3. The first-order valence-corrected chi connectivity index (χ1v) is 36.1. The van der Waals surface area contributed by atoms with Gasteiger partial charge in [-0.25, -0.2) is 0 Å². The van der Waals surface area contributed by atoms with Gasteiger partial charge >= 0.3 is 17.9 Å². The molecule has 6 heteroatoms. The second-order valence-electron chi connectivity index (χ2n) is 24.1. The molecule has 0 aliphatic rings. The van der Waals surface area contributed by atoms with Crippen LogP contribution < -0.4 is 0 Å². The highest BCUT2D eigenvalue weighted by atomic mass is 16.6. The van der Waals surface area contributed by atoms with Crippen LogP contribution in [0.1, 0.15) is 367 Å². The molecule has 0 aromatic heterocycles. The number of carbonyl (C=O) groups is 3. The molecule has 83 heavy (non-hydrogen) atoms. The van der Waals surface area contributed by atoms with Crippen molar-refractivity contribution in [2.45, 2.75) is 374 Å². The molecule has 0 aliphatic heterocycles. The van der Waals surface area contributed by atoms with Crippen molar-refractivity contribution in [3.05, 3.63) is 85.1 Å². The van der Waals surface area contributed by atoms with E-state index in [2.05, 4.69) is 106 Å². The van der Waals surface area contributed by atoms with Crippen molar-refractivity contribution in [1.29, 1.82) is 0 Å². The Morgan fingerprint density at radius 1 is 0.253 bits per heavy atom. The van der Waals surface area contributed by atoms with Gasteiger partial charge in [0.05, 0.1) is 0 Å². The zero-order chi connectivity index (χ0) is 59.9. The number of ether oxygens (including phenoxy) is 3. The molecule has 6 nitrogen and oxygen atoms in total. The van der Waals surface area contributed by atoms with Crippen LogP contribution >= 0.6 is 0 Å². The lowest BCUT2D eigenvalue weighted by Gasteiger charge is -2.18. The van der Waals surface area contributed by atoms with E-state index in [9.17, 15) is 14.4 Å². The predicted molar refractivity (Wildman–Crippen MR) is 362 cm³/mol. The van der Waals surface area contributed by atoms with Gasteiger partial charge in [0.1, 0.15) is 13.2 Å². The molecule has 0 aromatic carbocycles. The van der Waals surface area contributed by atoms with E-state index in [1.807, 2.05) is 0 Å². The standard InChI is InChI=1S/C77H136O6/c1-4-7-10-13-16-19-22-25-27-29-30-31-32-33-34-35-36-37-38-39-40-41-42-43-44-45-46-48-49-52-55-58-61-64-67-70-76(79)82-73-74(72-81-75(78)69-66-63-60-57-54-51-24-21-18-15-12-9-6-3)83-77(80)71-68-65-62-59-56-53-50-47-28-26-23-20-17-14-11-8-5-2/h7,10,16,19,21,24-25,27,30-31,33-34,36-37,74H,4-6,8-9,11-15,17-18,20,22-23,26,28-29,32,35,38-73H2,1-3H3/b10-7-,19-16-,24-21-,27-25-,31-30-,34-33-,37-36-. The zero-order valence-electron chi connectivity index (χ0n) is 55.2. The van der Waals surface area contributed by atoms with E-state index >= 15 is 0 Å². The van der Waals surface area contributed by atoms with Gasteiger partial charge in [-0.1, -0.05) is 337 Å². The van der Waals surface area contributed by atoms with E-state index in [1.165, 1.54) is 225 Å². The van der Waals surface area contributed by atoms with Crippen LogP contribution in [-0.4, -0.2) is 37.2 Å². The van der Waals surface area contributed by atoms with Gasteiger partial charge in [0.15, 0.2) is 6.10 Å². The number of hydrogen-bond acceptors (Lipinski definition) is 6. The summed E-state index contributed by atoms with van der Waals surface area (Å²) in [6.07, 6.45) is 94.8. The van der Waals surface area contributed by atoms with Crippen molar-refractivity contribution in [2.24, 2.45) is 0 Å². The molecular weight excluding hydrogens is 1020 g/mol. The molecule has 0 N–H and O–H groups in total. The van der Waals surface area contributed by atoms with Gasteiger partial charge in [-0.3, -0.25) is 14.4 Å². The maximum absolute atomic E-state index is 12.9. The first-order chi connectivity index (χ1) is 41.0. The fourth-order valence-electron chi connectivity index (χ4n) is 10.5. The lowest BCUT2D eigenvalue weighted by atomic mass is 10.0. The largest absolute Gasteiger partial charge is 0.462 e. The Kier molecular flexibility index (Phi) is 68.2. The molecule has 0 saturated heterocycles. The number of esters is 3. The smallest absolute Gasteiger partial charge is 0.306 e. The molecule has 1 atom stereocenters. The highest BCUT2D eigenvalue weighted by Gasteiger charge is 2.19. The van der Waals surface area contributed by atoms with Crippen LogP contribution in [0.3, 0.4) is 0 Å². The third-order valence-electron chi connectivity index (χ3n) is 15.9. The highest BCUT2D eigenvalue weighted by Crippen LogP contribution is 2.18. The SMILES string of the molecule is CC/C=C\C/C=C\C/C=C\C/C=C\C/C=C\C/C=C\CCCCCCCCCCCCCCCCCCC(=O)OCC(COC(=O)CCCCCCC/C=C\CCCCCC)OC(=O)CCCCCCCCCCCCCCCCCCC. The molecule has 0 rings (SSSR count). The van der Waals surface area contributed by atoms with Gasteiger partial charge < -0.3 is 14.2 Å². The molecule has 1 unspecified atom stereocenters. The normalized spacial score (nSPS) is 12.6. The Morgan fingerprint density at radius 3 is 0.759 bits per heavy atom. The van der Waals surface area contributed by atoms with E-state index in [4.69, 9.17) is 14.2 Å². The Labute approximate surface area is 515 Å². The van der Waals surface area contributed by atoms with Crippen molar-refractivity contribution >= 4 is 17.9 Å². The minimum absolute atomic E-state index is 0.0730. The maximum Gasteiger partial charge on any atom is 0.306 e. The molecular formula is C77H136O6. The van der Waals surface area contributed by atoms with E-state index in [0.717, 1.165) is 103 Å². The second kappa shape index (κ2) is 71.1. The van der Waals surface area contributed by atoms with Crippen molar-refractivity contribution in [2.75, 3.05) is 13.2 Å². The van der Waals surface area contributed by atoms with Crippen molar-refractivity contribution in [1.82, 2.24) is 0 Å². The summed E-state index contributed by atoms with van der Waals surface area (Å²) >= 11 is 0. The van der Waals surface area contributed by atoms with Gasteiger partial charge in [-0.2, -0.15) is 0 Å². The first kappa shape index (κ1) is 79.6. The molecule has 0 saturated carbocycles.